The number of ketones is 1. The summed E-state index contributed by atoms with van der Waals surface area (Å²) >= 11 is 0. The molecule has 0 N–H and O–H groups in total. The van der Waals surface area contributed by atoms with Crippen molar-refractivity contribution in [2.75, 3.05) is 13.6 Å². The zero-order valence-electron chi connectivity index (χ0n) is 9.20. The van der Waals surface area contributed by atoms with Gasteiger partial charge in [-0.15, -0.1) is 0 Å². The van der Waals surface area contributed by atoms with E-state index in [2.05, 4.69) is 11.9 Å². The molecular formula is C13H17NO. The fraction of sp³-hybridized carbons (Fsp3) is 0.615. The molecule has 0 radical (unpaired) electrons. The molecule has 2 nitrogen and oxygen atoms in total. The summed E-state index contributed by atoms with van der Waals surface area (Å²) in [5.41, 5.74) is 2.80. The summed E-state index contributed by atoms with van der Waals surface area (Å²) in [5.74, 6) is 1.27. The van der Waals surface area contributed by atoms with E-state index in [1.807, 2.05) is 6.08 Å². The molecule has 0 saturated heterocycles. The Morgan fingerprint density at radius 3 is 3.00 bits per heavy atom. The van der Waals surface area contributed by atoms with Crippen LogP contribution in [0, 0.1) is 11.8 Å². The van der Waals surface area contributed by atoms with E-state index in [-0.39, 0.29) is 5.92 Å². The largest absolute Gasteiger partial charge is 0.375 e. The first kappa shape index (κ1) is 9.20. The van der Waals surface area contributed by atoms with E-state index in [4.69, 9.17) is 0 Å². The summed E-state index contributed by atoms with van der Waals surface area (Å²) in [6.07, 6.45) is 8.67. The molecule has 2 aliphatic carbocycles. The summed E-state index contributed by atoms with van der Waals surface area (Å²) in [4.78, 5) is 14.1. The third-order valence-electron chi connectivity index (χ3n) is 4.13. The second-order valence-corrected chi connectivity index (χ2v) is 4.97. The number of carbonyl (C=O) groups is 1. The van der Waals surface area contributed by atoms with Crippen LogP contribution in [0.2, 0.25) is 0 Å². The Morgan fingerprint density at radius 2 is 2.13 bits per heavy atom. The molecule has 15 heavy (non-hydrogen) atoms. The molecule has 3 rings (SSSR count). The van der Waals surface area contributed by atoms with E-state index < -0.39 is 0 Å². The molecule has 1 fully saturated rings. The van der Waals surface area contributed by atoms with Crippen LogP contribution >= 0.6 is 0 Å². The van der Waals surface area contributed by atoms with Crippen LogP contribution in [0.25, 0.3) is 0 Å². The van der Waals surface area contributed by atoms with Gasteiger partial charge in [0.15, 0.2) is 5.78 Å². The second kappa shape index (κ2) is 3.22. The Labute approximate surface area is 90.6 Å². The number of hydrogen-bond donors (Lipinski definition) is 0. The van der Waals surface area contributed by atoms with E-state index in [0.717, 1.165) is 13.0 Å². The smallest absolute Gasteiger partial charge is 0.162 e. The van der Waals surface area contributed by atoms with E-state index in [1.165, 1.54) is 30.5 Å². The van der Waals surface area contributed by atoms with E-state index in [1.54, 1.807) is 6.08 Å². The van der Waals surface area contributed by atoms with Gasteiger partial charge < -0.3 is 4.90 Å². The zero-order valence-corrected chi connectivity index (χ0v) is 9.20. The number of hydrogen-bond acceptors (Lipinski definition) is 2. The van der Waals surface area contributed by atoms with Crippen molar-refractivity contribution in [2.24, 2.45) is 11.8 Å². The predicted octanol–water partition coefficient (Wildman–Crippen LogP) is 2.13. The van der Waals surface area contributed by atoms with Crippen LogP contribution in [0.3, 0.4) is 0 Å². The molecule has 0 aromatic rings. The lowest BCUT2D eigenvalue weighted by Gasteiger charge is -2.42. The fourth-order valence-corrected chi connectivity index (χ4v) is 3.34. The van der Waals surface area contributed by atoms with Gasteiger partial charge in [0.25, 0.3) is 0 Å². The van der Waals surface area contributed by atoms with E-state index >= 15 is 0 Å². The van der Waals surface area contributed by atoms with Gasteiger partial charge in [-0.05, 0) is 42.9 Å². The first-order valence-corrected chi connectivity index (χ1v) is 5.94. The number of carbonyl (C=O) groups excluding carboxylic acids is 1. The van der Waals surface area contributed by atoms with Gasteiger partial charge in [-0.25, -0.2) is 0 Å². The van der Waals surface area contributed by atoms with Crippen molar-refractivity contribution in [1.82, 2.24) is 4.90 Å². The highest BCUT2D eigenvalue weighted by Crippen LogP contribution is 2.44. The van der Waals surface area contributed by atoms with Gasteiger partial charge >= 0.3 is 0 Å². The fourth-order valence-electron chi connectivity index (χ4n) is 3.34. The molecule has 0 aromatic carbocycles. The van der Waals surface area contributed by atoms with Crippen molar-refractivity contribution in [1.29, 1.82) is 0 Å². The number of allylic oxidation sites excluding steroid dienone is 3. The Kier molecular flexibility index (Phi) is 1.98. The molecule has 2 atom stereocenters. The minimum absolute atomic E-state index is 0.228. The summed E-state index contributed by atoms with van der Waals surface area (Å²) in [7, 11) is 2.14. The lowest BCUT2D eigenvalue weighted by Crippen LogP contribution is -2.38. The van der Waals surface area contributed by atoms with Crippen LogP contribution in [-0.2, 0) is 4.79 Å². The van der Waals surface area contributed by atoms with Crippen molar-refractivity contribution in [3.63, 3.8) is 0 Å². The summed E-state index contributed by atoms with van der Waals surface area (Å²) < 4.78 is 0. The monoisotopic (exact) mass is 203 g/mol. The zero-order chi connectivity index (χ0) is 10.4. The molecular weight excluding hydrogens is 186 g/mol. The first-order chi connectivity index (χ1) is 7.27. The van der Waals surface area contributed by atoms with E-state index in [9.17, 15) is 4.79 Å². The number of nitrogens with zero attached hydrogens (tertiary/aromatic N) is 1. The normalized spacial score (nSPS) is 34.5. The predicted molar refractivity (Wildman–Crippen MR) is 59.3 cm³/mol. The lowest BCUT2D eigenvalue weighted by atomic mass is 9.69. The Balaban J connectivity index is 2.09. The molecule has 2 unspecified atom stereocenters. The molecule has 3 aliphatic rings. The standard InChI is InChI=1S/C13H17NO/c1-14-8-7-9-3-2-4-10-12(15)6-5-11(14)13(9)10/h5-6,9-10H,2-4,7-8H2,1H3. The maximum Gasteiger partial charge on any atom is 0.162 e. The molecule has 2 heteroatoms. The van der Waals surface area contributed by atoms with Gasteiger partial charge in [0, 0.05) is 25.2 Å². The topological polar surface area (TPSA) is 20.3 Å². The highest BCUT2D eigenvalue weighted by Gasteiger charge is 2.37. The lowest BCUT2D eigenvalue weighted by molar-refractivity contribution is -0.118. The number of likely N-dealkylation sites (N-methyl/N-ethyl adjacent to an activating group) is 1. The molecule has 0 spiro atoms. The SMILES string of the molecule is CN1CCC2CCCC3C(=O)C=CC1=C23. The minimum atomic E-state index is 0.228. The van der Waals surface area contributed by atoms with Crippen molar-refractivity contribution in [3.8, 4) is 0 Å². The van der Waals surface area contributed by atoms with Crippen LogP contribution in [0.4, 0.5) is 0 Å². The van der Waals surface area contributed by atoms with Gasteiger partial charge in [0.2, 0.25) is 0 Å². The highest BCUT2D eigenvalue weighted by atomic mass is 16.1. The van der Waals surface area contributed by atoms with Crippen LogP contribution in [0.5, 0.6) is 0 Å². The van der Waals surface area contributed by atoms with Gasteiger partial charge in [0.1, 0.15) is 0 Å². The van der Waals surface area contributed by atoms with Gasteiger partial charge in [-0.2, -0.15) is 0 Å². The van der Waals surface area contributed by atoms with Crippen LogP contribution < -0.4 is 0 Å². The third kappa shape index (κ3) is 1.27. The highest BCUT2D eigenvalue weighted by molar-refractivity contribution is 5.96. The summed E-state index contributed by atoms with van der Waals surface area (Å²) in [6, 6.07) is 0. The quantitative estimate of drug-likeness (QED) is 0.601. The first-order valence-electron chi connectivity index (χ1n) is 5.94. The minimum Gasteiger partial charge on any atom is -0.375 e. The third-order valence-corrected chi connectivity index (χ3v) is 4.13. The van der Waals surface area contributed by atoms with Crippen molar-refractivity contribution >= 4 is 5.78 Å². The van der Waals surface area contributed by atoms with Crippen molar-refractivity contribution < 1.29 is 4.79 Å². The molecule has 80 valence electrons. The summed E-state index contributed by atoms with van der Waals surface area (Å²) in [6.45, 7) is 1.15. The van der Waals surface area contributed by atoms with Crippen LogP contribution in [0.1, 0.15) is 25.7 Å². The van der Waals surface area contributed by atoms with Crippen LogP contribution in [0.15, 0.2) is 23.4 Å². The molecule has 0 amide bonds. The molecule has 0 aromatic heterocycles. The second-order valence-electron chi connectivity index (χ2n) is 4.97. The number of rotatable bonds is 0. The van der Waals surface area contributed by atoms with Gasteiger partial charge in [-0.1, -0.05) is 6.42 Å². The maximum atomic E-state index is 11.8. The van der Waals surface area contributed by atoms with Gasteiger partial charge in [-0.3, -0.25) is 4.79 Å². The van der Waals surface area contributed by atoms with Crippen LogP contribution in [-0.4, -0.2) is 24.3 Å². The Hall–Kier alpha value is -1.05. The molecule has 1 aliphatic heterocycles. The molecule has 0 bridgehead atoms. The van der Waals surface area contributed by atoms with E-state index in [0.29, 0.717) is 11.7 Å². The van der Waals surface area contributed by atoms with Crippen molar-refractivity contribution in [3.05, 3.63) is 23.4 Å². The summed E-state index contributed by atoms with van der Waals surface area (Å²) in [5, 5.41) is 0. The van der Waals surface area contributed by atoms with Crippen molar-refractivity contribution in [2.45, 2.75) is 25.7 Å². The molecule has 1 heterocycles. The average molecular weight is 203 g/mol. The van der Waals surface area contributed by atoms with Gasteiger partial charge in [0.05, 0.1) is 0 Å². The Bertz CT molecular complexity index is 367. The average Bonchev–Trinajstić information content (AvgIpc) is 2.26. The molecule has 1 saturated carbocycles. The Morgan fingerprint density at radius 1 is 1.27 bits per heavy atom. The maximum absolute atomic E-state index is 11.8.